The number of nitrogens with one attached hydrogen (secondary N) is 2. The predicted octanol–water partition coefficient (Wildman–Crippen LogP) is 3.35. The van der Waals surface area contributed by atoms with E-state index in [0.717, 1.165) is 5.82 Å². The minimum Gasteiger partial charge on any atom is -0.322 e. The third kappa shape index (κ3) is 3.58. The highest BCUT2D eigenvalue weighted by Crippen LogP contribution is 2.38. The second-order valence-electron chi connectivity index (χ2n) is 8.18. The lowest BCUT2D eigenvalue weighted by molar-refractivity contribution is -0.126. The van der Waals surface area contributed by atoms with E-state index in [1.54, 1.807) is 24.8 Å². The number of aromatic amines is 1. The molecule has 2 amide bonds. The Kier molecular flexibility index (Phi) is 4.80. The zero-order valence-corrected chi connectivity index (χ0v) is 17.3. The summed E-state index contributed by atoms with van der Waals surface area (Å²) < 4.78 is 0. The molecule has 0 saturated heterocycles. The molecule has 0 aliphatic carbocycles. The summed E-state index contributed by atoms with van der Waals surface area (Å²) in [6.45, 7) is 11.4. The van der Waals surface area contributed by atoms with Crippen LogP contribution < -0.4 is 10.2 Å². The number of amides is 2. The molecule has 2 heterocycles. The quantitative estimate of drug-likeness (QED) is 0.788. The van der Waals surface area contributed by atoms with Crippen LogP contribution in [0.3, 0.4) is 0 Å². The number of anilines is 2. The topological polar surface area (TPSA) is 91.0 Å². The fraction of sp³-hybridized carbons (Fsp3) is 0.474. The highest BCUT2D eigenvalue weighted by molar-refractivity contribution is 8.00. The van der Waals surface area contributed by atoms with Crippen LogP contribution in [-0.2, 0) is 15.0 Å². The first-order chi connectivity index (χ1) is 12.5. The third-order valence-corrected chi connectivity index (χ3v) is 5.48. The van der Waals surface area contributed by atoms with E-state index in [0.29, 0.717) is 16.5 Å². The van der Waals surface area contributed by atoms with Gasteiger partial charge in [0.15, 0.2) is 0 Å². The molecule has 27 heavy (non-hydrogen) atoms. The van der Waals surface area contributed by atoms with Crippen molar-refractivity contribution in [1.82, 2.24) is 15.2 Å². The van der Waals surface area contributed by atoms with Crippen LogP contribution in [0.15, 0.2) is 29.4 Å². The van der Waals surface area contributed by atoms with E-state index in [2.05, 4.69) is 20.5 Å². The number of hydrogen-bond donors (Lipinski definition) is 2. The van der Waals surface area contributed by atoms with Gasteiger partial charge >= 0.3 is 0 Å². The number of benzene rings is 1. The standard InChI is InChI=1S/C19H25N5O2S/c1-11(27-17-21-15(22-23-17)18(2,3)4)14(25)24-13-10-8-7-9-12(13)20-16(26)19(24,5)6/h7-11H,1-6H3,(H,20,26)(H,21,22,23). The van der Waals surface area contributed by atoms with Gasteiger partial charge in [0, 0.05) is 5.41 Å². The Morgan fingerprint density at radius 2 is 1.93 bits per heavy atom. The third-order valence-electron chi connectivity index (χ3n) is 4.53. The average Bonchev–Trinajstić information content (AvgIpc) is 3.04. The van der Waals surface area contributed by atoms with E-state index in [9.17, 15) is 9.59 Å². The van der Waals surface area contributed by atoms with Gasteiger partial charge in [-0.3, -0.25) is 19.6 Å². The van der Waals surface area contributed by atoms with Crippen LogP contribution in [0.2, 0.25) is 0 Å². The first kappa shape index (κ1) is 19.4. The van der Waals surface area contributed by atoms with Crippen molar-refractivity contribution in [3.8, 4) is 0 Å². The van der Waals surface area contributed by atoms with Crippen molar-refractivity contribution in [2.45, 2.75) is 62.9 Å². The minimum atomic E-state index is -0.990. The van der Waals surface area contributed by atoms with E-state index >= 15 is 0 Å². The Labute approximate surface area is 163 Å². The fourth-order valence-corrected chi connectivity index (χ4v) is 3.64. The van der Waals surface area contributed by atoms with Gasteiger partial charge in [0.1, 0.15) is 11.4 Å². The molecule has 1 atom stereocenters. The second-order valence-corrected chi connectivity index (χ2v) is 9.49. The zero-order chi connectivity index (χ0) is 20.0. The van der Waals surface area contributed by atoms with Gasteiger partial charge in [-0.05, 0) is 32.9 Å². The molecule has 1 aliphatic rings. The van der Waals surface area contributed by atoms with Crippen molar-refractivity contribution in [2.75, 3.05) is 10.2 Å². The summed E-state index contributed by atoms with van der Waals surface area (Å²) in [5.74, 6) is 0.404. The molecule has 0 saturated carbocycles. The molecule has 1 unspecified atom stereocenters. The monoisotopic (exact) mass is 387 g/mol. The molecule has 0 bridgehead atoms. The molecule has 8 heteroatoms. The highest BCUT2D eigenvalue weighted by atomic mass is 32.2. The molecule has 7 nitrogen and oxygen atoms in total. The number of hydrogen-bond acceptors (Lipinski definition) is 5. The molecule has 2 aromatic rings. The average molecular weight is 388 g/mol. The van der Waals surface area contributed by atoms with Crippen molar-refractivity contribution in [2.24, 2.45) is 0 Å². The van der Waals surface area contributed by atoms with E-state index in [4.69, 9.17) is 0 Å². The highest BCUT2D eigenvalue weighted by Gasteiger charge is 2.44. The van der Waals surface area contributed by atoms with Crippen LogP contribution in [0.1, 0.15) is 47.4 Å². The van der Waals surface area contributed by atoms with Crippen molar-refractivity contribution >= 4 is 35.0 Å². The Morgan fingerprint density at radius 3 is 2.56 bits per heavy atom. The SMILES string of the molecule is CC(Sc1n[nH]c(C(C)(C)C)n1)C(=O)N1c2ccccc2NC(=O)C1(C)C. The number of fused-ring (bicyclic) bond motifs is 1. The molecule has 2 N–H and O–H groups in total. The van der Waals surface area contributed by atoms with Crippen molar-refractivity contribution in [1.29, 1.82) is 0 Å². The van der Waals surface area contributed by atoms with Gasteiger partial charge in [-0.1, -0.05) is 44.7 Å². The summed E-state index contributed by atoms with van der Waals surface area (Å²) >= 11 is 1.28. The summed E-state index contributed by atoms with van der Waals surface area (Å²) in [6.07, 6.45) is 0. The normalized spacial score (nSPS) is 17.3. The summed E-state index contributed by atoms with van der Waals surface area (Å²) in [6, 6.07) is 7.33. The maximum Gasteiger partial charge on any atom is 0.250 e. The number of para-hydroxylation sites is 2. The summed E-state index contributed by atoms with van der Waals surface area (Å²) in [5.41, 5.74) is 0.200. The minimum absolute atomic E-state index is 0.148. The molecule has 1 aromatic heterocycles. The lowest BCUT2D eigenvalue weighted by Gasteiger charge is -2.42. The van der Waals surface area contributed by atoms with Crippen LogP contribution in [0.4, 0.5) is 11.4 Å². The van der Waals surface area contributed by atoms with Crippen LogP contribution in [0.5, 0.6) is 0 Å². The maximum atomic E-state index is 13.3. The van der Waals surface area contributed by atoms with E-state index in [1.807, 2.05) is 45.9 Å². The lowest BCUT2D eigenvalue weighted by Crippen LogP contribution is -2.60. The van der Waals surface area contributed by atoms with Crippen LogP contribution in [0.25, 0.3) is 0 Å². The van der Waals surface area contributed by atoms with Crippen molar-refractivity contribution in [3.05, 3.63) is 30.1 Å². The zero-order valence-electron chi connectivity index (χ0n) is 16.5. The Morgan fingerprint density at radius 1 is 1.26 bits per heavy atom. The lowest BCUT2D eigenvalue weighted by atomic mass is 9.96. The van der Waals surface area contributed by atoms with Gasteiger partial charge in [0.25, 0.3) is 0 Å². The number of carbonyl (C=O) groups is 2. The second kappa shape index (κ2) is 6.67. The first-order valence-electron chi connectivity index (χ1n) is 8.86. The van der Waals surface area contributed by atoms with Crippen LogP contribution in [-0.4, -0.2) is 37.8 Å². The van der Waals surface area contributed by atoms with Gasteiger partial charge in [-0.2, -0.15) is 0 Å². The number of thioether (sulfide) groups is 1. The van der Waals surface area contributed by atoms with Crippen LogP contribution in [0, 0.1) is 0 Å². The van der Waals surface area contributed by atoms with Crippen molar-refractivity contribution < 1.29 is 9.59 Å². The number of nitrogens with zero attached hydrogens (tertiary/aromatic N) is 3. The van der Waals surface area contributed by atoms with Crippen molar-refractivity contribution in [3.63, 3.8) is 0 Å². The number of carbonyl (C=O) groups excluding carboxylic acids is 2. The fourth-order valence-electron chi connectivity index (χ4n) is 2.87. The van der Waals surface area contributed by atoms with Gasteiger partial charge in [0.05, 0.1) is 16.6 Å². The maximum absolute atomic E-state index is 13.3. The summed E-state index contributed by atoms with van der Waals surface area (Å²) in [4.78, 5) is 31.9. The smallest absolute Gasteiger partial charge is 0.250 e. The van der Waals surface area contributed by atoms with Gasteiger partial charge < -0.3 is 5.32 Å². The van der Waals surface area contributed by atoms with E-state index in [1.165, 1.54) is 11.8 Å². The van der Waals surface area contributed by atoms with Gasteiger partial charge in [0.2, 0.25) is 17.0 Å². The van der Waals surface area contributed by atoms with E-state index < -0.39 is 10.8 Å². The summed E-state index contributed by atoms with van der Waals surface area (Å²) in [5, 5.41) is 10.1. The largest absolute Gasteiger partial charge is 0.322 e. The Bertz CT molecular complexity index is 884. The molecule has 0 radical (unpaired) electrons. The van der Waals surface area contributed by atoms with Gasteiger partial charge in [-0.15, -0.1) is 5.10 Å². The molecule has 1 aromatic carbocycles. The molecular weight excluding hydrogens is 362 g/mol. The number of rotatable bonds is 3. The molecule has 0 fully saturated rings. The number of aromatic nitrogens is 3. The van der Waals surface area contributed by atoms with E-state index in [-0.39, 0.29) is 17.2 Å². The first-order valence-corrected chi connectivity index (χ1v) is 9.74. The summed E-state index contributed by atoms with van der Waals surface area (Å²) in [7, 11) is 0. The molecule has 0 spiro atoms. The molecule has 1 aliphatic heterocycles. The van der Waals surface area contributed by atoms with Gasteiger partial charge in [-0.25, -0.2) is 4.98 Å². The molecule has 3 rings (SSSR count). The molecular formula is C19H25N5O2S. The number of H-pyrrole nitrogens is 1. The predicted molar refractivity (Wildman–Crippen MR) is 107 cm³/mol. The Balaban J connectivity index is 1.87. The Hall–Kier alpha value is -2.35. The van der Waals surface area contributed by atoms with Crippen LogP contribution >= 0.6 is 11.8 Å². The molecule has 144 valence electrons.